The number of hydrogen-bond acceptors (Lipinski definition) is 4. The zero-order chi connectivity index (χ0) is 21.4. The first-order chi connectivity index (χ1) is 14.3. The fourth-order valence-corrected chi connectivity index (χ4v) is 5.89. The number of piperazine rings is 1. The van der Waals surface area contributed by atoms with Crippen LogP contribution in [0.15, 0.2) is 47.4 Å². The quantitative estimate of drug-likeness (QED) is 0.733. The van der Waals surface area contributed by atoms with Gasteiger partial charge >= 0.3 is 0 Å². The van der Waals surface area contributed by atoms with Gasteiger partial charge in [-0.1, -0.05) is 12.1 Å². The van der Waals surface area contributed by atoms with Crippen molar-refractivity contribution in [2.24, 2.45) is 0 Å². The average molecular weight is 440 g/mol. The summed E-state index contributed by atoms with van der Waals surface area (Å²) in [4.78, 5) is 1.79. The van der Waals surface area contributed by atoms with Crippen LogP contribution in [0.3, 0.4) is 0 Å². The van der Waals surface area contributed by atoms with Gasteiger partial charge in [-0.25, -0.2) is 21.6 Å². The molecule has 4 rings (SSSR count). The van der Waals surface area contributed by atoms with E-state index in [1.54, 1.807) is 6.07 Å². The van der Waals surface area contributed by atoms with E-state index in [9.17, 15) is 21.6 Å². The fraction of sp³-hybridized carbons (Fsp3) is 0.429. The number of halogens is 3. The van der Waals surface area contributed by atoms with E-state index in [0.717, 1.165) is 17.7 Å². The fourth-order valence-electron chi connectivity index (χ4n) is 4.34. The van der Waals surface area contributed by atoms with Crippen molar-refractivity contribution in [3.63, 3.8) is 0 Å². The van der Waals surface area contributed by atoms with E-state index in [2.05, 4.69) is 4.90 Å². The van der Waals surface area contributed by atoms with Gasteiger partial charge in [0.2, 0.25) is 10.0 Å². The van der Waals surface area contributed by atoms with Crippen LogP contribution in [0.1, 0.15) is 18.4 Å². The van der Waals surface area contributed by atoms with Gasteiger partial charge in [0.05, 0.1) is 4.90 Å². The molecule has 0 aliphatic carbocycles. The van der Waals surface area contributed by atoms with E-state index in [-0.39, 0.29) is 23.8 Å². The van der Waals surface area contributed by atoms with E-state index >= 15 is 0 Å². The number of rotatable bonds is 4. The first kappa shape index (κ1) is 21.3. The second-order valence-electron chi connectivity index (χ2n) is 7.83. The number of nitrogens with zero attached hydrogens (tertiary/aromatic N) is 2. The largest absolute Gasteiger partial charge is 0.381 e. The molecule has 5 nitrogen and oxygen atoms in total. The Bertz CT molecular complexity index is 1010. The molecule has 2 aliphatic heterocycles. The van der Waals surface area contributed by atoms with E-state index < -0.39 is 27.2 Å². The standard InChI is InChI=1S/C21H23F3N2O3S/c22-17-3-1-2-16(10-17)14-25-6-7-26(15-21(25)4-8-29-9-5-21)30(27,28)20-12-18(23)11-19(24)13-20/h1-3,10-13H,4-9,14-15H2. The van der Waals surface area contributed by atoms with Gasteiger partial charge in [0.25, 0.3) is 0 Å². The molecule has 2 saturated heterocycles. The van der Waals surface area contributed by atoms with Gasteiger partial charge in [0.1, 0.15) is 17.5 Å². The summed E-state index contributed by atoms with van der Waals surface area (Å²) < 4.78 is 73.9. The molecule has 30 heavy (non-hydrogen) atoms. The summed E-state index contributed by atoms with van der Waals surface area (Å²) in [5.41, 5.74) is 0.325. The molecular formula is C21H23F3N2O3S. The average Bonchev–Trinajstić information content (AvgIpc) is 2.69. The predicted molar refractivity (Wildman–Crippen MR) is 105 cm³/mol. The highest BCUT2D eigenvalue weighted by Crippen LogP contribution is 2.35. The van der Waals surface area contributed by atoms with Crippen LogP contribution >= 0.6 is 0 Å². The molecule has 0 bridgehead atoms. The Balaban J connectivity index is 1.62. The topological polar surface area (TPSA) is 49.9 Å². The molecule has 2 aliphatic rings. The van der Waals surface area contributed by atoms with Crippen molar-refractivity contribution in [2.75, 3.05) is 32.8 Å². The Labute approximate surface area is 174 Å². The Kier molecular flexibility index (Phi) is 5.89. The lowest BCUT2D eigenvalue weighted by Gasteiger charge is -2.52. The minimum Gasteiger partial charge on any atom is -0.381 e. The highest BCUT2D eigenvalue weighted by Gasteiger charge is 2.46. The summed E-state index contributed by atoms with van der Waals surface area (Å²) >= 11 is 0. The van der Waals surface area contributed by atoms with Gasteiger partial charge < -0.3 is 4.74 Å². The summed E-state index contributed by atoms with van der Waals surface area (Å²) in [5, 5.41) is 0. The third kappa shape index (κ3) is 4.25. The van der Waals surface area contributed by atoms with Gasteiger partial charge in [-0.3, -0.25) is 4.90 Å². The van der Waals surface area contributed by atoms with Gasteiger partial charge in [0.15, 0.2) is 0 Å². The molecule has 9 heteroatoms. The van der Waals surface area contributed by atoms with E-state index in [4.69, 9.17) is 4.74 Å². The van der Waals surface area contributed by atoms with Crippen LogP contribution < -0.4 is 0 Å². The van der Waals surface area contributed by atoms with Crippen molar-refractivity contribution in [3.05, 3.63) is 65.5 Å². The van der Waals surface area contributed by atoms with Crippen LogP contribution in [-0.4, -0.2) is 56.0 Å². The first-order valence-corrected chi connectivity index (χ1v) is 11.3. The summed E-state index contributed by atoms with van der Waals surface area (Å²) in [5.74, 6) is -2.18. The summed E-state index contributed by atoms with van der Waals surface area (Å²) in [6.07, 6.45) is 1.23. The van der Waals surface area contributed by atoms with E-state index in [0.29, 0.717) is 45.2 Å². The maximum atomic E-state index is 13.6. The molecule has 2 heterocycles. The molecule has 2 aromatic carbocycles. The molecular weight excluding hydrogens is 417 g/mol. The molecule has 0 unspecified atom stereocenters. The van der Waals surface area contributed by atoms with Crippen molar-refractivity contribution in [1.29, 1.82) is 0 Å². The van der Waals surface area contributed by atoms with Crippen LogP contribution in [0.4, 0.5) is 13.2 Å². The zero-order valence-electron chi connectivity index (χ0n) is 16.4. The van der Waals surface area contributed by atoms with E-state index in [1.165, 1.54) is 16.4 Å². The van der Waals surface area contributed by atoms with Crippen LogP contribution in [0.25, 0.3) is 0 Å². The Morgan fingerprint density at radius 3 is 2.30 bits per heavy atom. The Morgan fingerprint density at radius 1 is 0.933 bits per heavy atom. The van der Waals surface area contributed by atoms with Crippen molar-refractivity contribution < 1.29 is 26.3 Å². The molecule has 1 spiro atoms. The highest BCUT2D eigenvalue weighted by atomic mass is 32.2. The molecule has 0 N–H and O–H groups in total. The number of ether oxygens (including phenoxy) is 1. The van der Waals surface area contributed by atoms with Crippen molar-refractivity contribution >= 4 is 10.0 Å². The maximum Gasteiger partial charge on any atom is 0.243 e. The van der Waals surface area contributed by atoms with Crippen molar-refractivity contribution in [2.45, 2.75) is 29.8 Å². The van der Waals surface area contributed by atoms with Gasteiger partial charge in [-0.2, -0.15) is 4.31 Å². The van der Waals surface area contributed by atoms with Crippen LogP contribution in [-0.2, 0) is 21.3 Å². The van der Waals surface area contributed by atoms with Crippen LogP contribution in [0, 0.1) is 17.5 Å². The van der Waals surface area contributed by atoms with Crippen LogP contribution in [0.2, 0.25) is 0 Å². The van der Waals surface area contributed by atoms with Crippen molar-refractivity contribution in [3.8, 4) is 0 Å². The Hall–Kier alpha value is -1.94. The molecule has 0 atom stereocenters. The molecule has 0 saturated carbocycles. The summed E-state index contributed by atoms with van der Waals surface area (Å²) in [6, 6.07) is 8.69. The third-order valence-corrected chi connectivity index (χ3v) is 7.74. The van der Waals surface area contributed by atoms with Gasteiger partial charge in [-0.15, -0.1) is 0 Å². The maximum absolute atomic E-state index is 13.6. The third-order valence-electron chi connectivity index (χ3n) is 5.92. The van der Waals surface area contributed by atoms with Gasteiger partial charge in [-0.05, 0) is 42.7 Å². The highest BCUT2D eigenvalue weighted by molar-refractivity contribution is 7.89. The normalized spacial score (nSPS) is 20.5. The van der Waals surface area contributed by atoms with Crippen molar-refractivity contribution in [1.82, 2.24) is 9.21 Å². The molecule has 0 aromatic heterocycles. The molecule has 0 amide bonds. The lowest BCUT2D eigenvalue weighted by Crippen LogP contribution is -2.64. The SMILES string of the molecule is O=S(=O)(c1cc(F)cc(F)c1)N1CCN(Cc2cccc(F)c2)C2(CCOCC2)C1. The molecule has 0 radical (unpaired) electrons. The Morgan fingerprint density at radius 2 is 1.63 bits per heavy atom. The minimum absolute atomic E-state index is 0.179. The lowest BCUT2D eigenvalue weighted by molar-refractivity contribution is -0.0608. The number of sulfonamides is 1. The first-order valence-electron chi connectivity index (χ1n) is 9.82. The molecule has 162 valence electrons. The number of hydrogen-bond donors (Lipinski definition) is 0. The molecule has 2 fully saturated rings. The zero-order valence-corrected chi connectivity index (χ0v) is 17.2. The van der Waals surface area contributed by atoms with E-state index in [1.807, 2.05) is 6.07 Å². The minimum atomic E-state index is -4.06. The van der Waals surface area contributed by atoms with Gasteiger partial charge in [0, 0.05) is 51.0 Å². The second-order valence-corrected chi connectivity index (χ2v) is 9.77. The second kappa shape index (κ2) is 8.30. The molecule has 2 aromatic rings. The summed E-state index contributed by atoms with van der Waals surface area (Å²) in [6.45, 7) is 2.25. The summed E-state index contributed by atoms with van der Waals surface area (Å²) in [7, 11) is -4.06. The number of benzene rings is 2. The lowest BCUT2D eigenvalue weighted by atomic mass is 9.86. The van der Waals surface area contributed by atoms with Crippen LogP contribution in [0.5, 0.6) is 0 Å². The monoisotopic (exact) mass is 440 g/mol. The smallest absolute Gasteiger partial charge is 0.243 e. The predicted octanol–water partition coefficient (Wildman–Crippen LogP) is 3.16.